The number of aryl methyl sites for hydroxylation is 2. The Bertz CT molecular complexity index is 2210. The lowest BCUT2D eigenvalue weighted by molar-refractivity contribution is -0.633. The molecule has 0 N–H and O–H groups in total. The molecule has 5 aromatic carbocycles. The largest absolute Gasteiger partial charge is 0.308 e. The monoisotopic (exact) mass is 589 g/mol. The summed E-state index contributed by atoms with van der Waals surface area (Å²) in [7, 11) is 2.23. The quantitative estimate of drug-likeness (QED) is 0.181. The van der Waals surface area contributed by atoms with Crippen molar-refractivity contribution in [1.82, 2.24) is 4.57 Å². The molecule has 0 fully saturated rings. The highest BCUT2D eigenvalue weighted by molar-refractivity contribution is 6.11. The maximum absolute atomic E-state index is 2.55. The van der Waals surface area contributed by atoms with Crippen LogP contribution in [-0.2, 0) is 12.5 Å². The smallest absolute Gasteiger partial charge is 0.215 e. The molecule has 226 valence electrons. The van der Waals surface area contributed by atoms with E-state index in [1.54, 1.807) is 0 Å². The standard InChI is InChI=1S/C43H45N2/c1-26(2)29-18-20-33-34-21-19-30(27(3)4)23-41(34)45(40(33)22-29)42-25-39(44(9)38-17-13-12-16-35(38)42)36-24-37(43(6,7)8)32-15-11-10-14-31(32)28(36)5/h10-27H,1-9H3/q+1. The summed E-state index contributed by atoms with van der Waals surface area (Å²) < 4.78 is 4.95. The fourth-order valence-electron chi connectivity index (χ4n) is 7.30. The Morgan fingerprint density at radius 2 is 1.13 bits per heavy atom. The van der Waals surface area contributed by atoms with Crippen LogP contribution in [0.4, 0.5) is 0 Å². The molecule has 0 aliphatic heterocycles. The van der Waals surface area contributed by atoms with E-state index in [-0.39, 0.29) is 5.41 Å². The maximum atomic E-state index is 2.55. The number of nitrogens with zero attached hydrogens (tertiary/aromatic N) is 2. The van der Waals surface area contributed by atoms with Gasteiger partial charge in [0, 0.05) is 22.9 Å². The van der Waals surface area contributed by atoms with Crippen LogP contribution in [-0.4, -0.2) is 4.57 Å². The van der Waals surface area contributed by atoms with Crippen molar-refractivity contribution < 1.29 is 4.57 Å². The van der Waals surface area contributed by atoms with Crippen molar-refractivity contribution in [2.45, 2.75) is 72.6 Å². The molecular weight excluding hydrogens is 544 g/mol. The van der Waals surface area contributed by atoms with E-state index in [0.29, 0.717) is 11.8 Å². The topological polar surface area (TPSA) is 8.81 Å². The molecule has 0 saturated heterocycles. The van der Waals surface area contributed by atoms with E-state index in [1.807, 2.05) is 0 Å². The zero-order valence-corrected chi connectivity index (χ0v) is 28.3. The molecule has 2 heterocycles. The van der Waals surface area contributed by atoms with Crippen LogP contribution in [0, 0.1) is 6.92 Å². The van der Waals surface area contributed by atoms with Crippen molar-refractivity contribution >= 4 is 43.5 Å². The van der Waals surface area contributed by atoms with E-state index in [0.717, 1.165) is 0 Å². The Balaban J connectivity index is 1.65. The average Bonchev–Trinajstić information content (AvgIpc) is 3.34. The predicted molar refractivity (Wildman–Crippen MR) is 194 cm³/mol. The van der Waals surface area contributed by atoms with Crippen molar-refractivity contribution in [3.63, 3.8) is 0 Å². The van der Waals surface area contributed by atoms with Crippen LogP contribution in [0.1, 0.15) is 82.6 Å². The minimum atomic E-state index is 0.00757. The normalized spacial score (nSPS) is 12.5. The number of fused-ring (bicyclic) bond motifs is 5. The van der Waals surface area contributed by atoms with Crippen molar-refractivity contribution in [2.24, 2.45) is 7.05 Å². The lowest BCUT2D eigenvalue weighted by Crippen LogP contribution is -2.33. The van der Waals surface area contributed by atoms with E-state index >= 15 is 0 Å². The van der Waals surface area contributed by atoms with Gasteiger partial charge in [0.2, 0.25) is 11.2 Å². The van der Waals surface area contributed by atoms with Crippen LogP contribution in [0.2, 0.25) is 0 Å². The molecule has 0 aliphatic carbocycles. The first kappa shape index (κ1) is 29.3. The molecule has 2 aromatic heterocycles. The molecule has 45 heavy (non-hydrogen) atoms. The maximum Gasteiger partial charge on any atom is 0.215 e. The van der Waals surface area contributed by atoms with Crippen LogP contribution in [0.3, 0.4) is 0 Å². The van der Waals surface area contributed by atoms with Crippen LogP contribution < -0.4 is 4.57 Å². The molecule has 0 bridgehead atoms. The molecule has 0 saturated carbocycles. The third kappa shape index (κ3) is 4.65. The second kappa shape index (κ2) is 10.6. The summed E-state index contributed by atoms with van der Waals surface area (Å²) in [5.74, 6) is 0.896. The molecule has 0 radical (unpaired) electrons. The Hall–Kier alpha value is -4.43. The first-order valence-corrected chi connectivity index (χ1v) is 16.5. The first-order chi connectivity index (χ1) is 21.5. The van der Waals surface area contributed by atoms with Gasteiger partial charge in [-0.2, -0.15) is 4.57 Å². The summed E-state index contributed by atoms with van der Waals surface area (Å²) in [6, 6.07) is 36.9. The Morgan fingerprint density at radius 1 is 0.600 bits per heavy atom. The van der Waals surface area contributed by atoms with Gasteiger partial charge in [-0.15, -0.1) is 0 Å². The molecule has 2 heteroatoms. The fraction of sp³-hybridized carbons (Fsp3) is 0.279. The molecule has 0 spiro atoms. The number of rotatable bonds is 4. The number of pyridine rings is 1. The van der Waals surface area contributed by atoms with Crippen molar-refractivity contribution in [3.8, 4) is 16.9 Å². The molecular formula is C43H45N2+. The Labute approximate surface area is 268 Å². The molecule has 7 rings (SSSR count). The summed E-state index contributed by atoms with van der Waals surface area (Å²) in [6.07, 6.45) is 0. The predicted octanol–water partition coefficient (Wildman–Crippen LogP) is 11.4. The van der Waals surface area contributed by atoms with Crippen molar-refractivity contribution in [1.29, 1.82) is 0 Å². The number of aromatic nitrogens is 2. The lowest BCUT2D eigenvalue weighted by atomic mass is 9.80. The number of hydrogen-bond acceptors (Lipinski definition) is 0. The third-order valence-corrected chi connectivity index (χ3v) is 9.96. The van der Waals surface area contributed by atoms with E-state index in [1.165, 1.54) is 82.7 Å². The number of benzene rings is 5. The molecule has 0 amide bonds. The summed E-state index contributed by atoms with van der Waals surface area (Å²) in [6.45, 7) is 18.4. The van der Waals surface area contributed by atoms with E-state index in [4.69, 9.17) is 0 Å². The van der Waals surface area contributed by atoms with Gasteiger partial charge in [-0.1, -0.05) is 109 Å². The van der Waals surface area contributed by atoms with E-state index < -0.39 is 0 Å². The minimum absolute atomic E-state index is 0.00757. The second-order valence-electron chi connectivity index (χ2n) is 14.6. The minimum Gasteiger partial charge on any atom is -0.308 e. The summed E-state index contributed by atoms with van der Waals surface area (Å²) in [5.41, 5.74) is 13.0. The van der Waals surface area contributed by atoms with Gasteiger partial charge < -0.3 is 4.57 Å². The average molecular weight is 590 g/mol. The molecule has 7 aromatic rings. The zero-order valence-electron chi connectivity index (χ0n) is 28.3. The van der Waals surface area contributed by atoms with Gasteiger partial charge in [0.25, 0.3) is 0 Å². The van der Waals surface area contributed by atoms with Gasteiger partial charge in [-0.05, 0) is 81.5 Å². The molecule has 2 nitrogen and oxygen atoms in total. The van der Waals surface area contributed by atoms with Gasteiger partial charge in [0.05, 0.1) is 27.7 Å². The van der Waals surface area contributed by atoms with Gasteiger partial charge in [0.1, 0.15) is 7.05 Å². The highest BCUT2D eigenvalue weighted by Crippen LogP contribution is 2.41. The molecule has 0 unspecified atom stereocenters. The fourth-order valence-corrected chi connectivity index (χ4v) is 7.30. The van der Waals surface area contributed by atoms with Crippen LogP contribution >= 0.6 is 0 Å². The Morgan fingerprint density at radius 3 is 1.69 bits per heavy atom. The highest BCUT2D eigenvalue weighted by atomic mass is 15.0. The van der Waals surface area contributed by atoms with Crippen molar-refractivity contribution in [3.05, 3.63) is 119 Å². The second-order valence-corrected chi connectivity index (χ2v) is 14.6. The third-order valence-electron chi connectivity index (χ3n) is 9.96. The SMILES string of the molecule is Cc1c(-c2cc(-n3c4cc(C(C)C)ccc4c4ccc(C(C)C)cc43)c3ccccc3[n+]2C)cc(C(C)(C)C)c2ccccc12. The van der Waals surface area contributed by atoms with Crippen LogP contribution in [0.15, 0.2) is 97.1 Å². The van der Waals surface area contributed by atoms with Crippen molar-refractivity contribution in [2.75, 3.05) is 0 Å². The molecule has 0 atom stereocenters. The van der Waals surface area contributed by atoms with Gasteiger partial charge in [-0.3, -0.25) is 0 Å². The lowest BCUT2D eigenvalue weighted by Gasteiger charge is -2.24. The van der Waals surface area contributed by atoms with Crippen LogP contribution in [0.5, 0.6) is 0 Å². The van der Waals surface area contributed by atoms with Crippen LogP contribution in [0.25, 0.3) is 60.4 Å². The summed E-state index contributed by atoms with van der Waals surface area (Å²) in [5, 5.41) is 6.54. The summed E-state index contributed by atoms with van der Waals surface area (Å²) >= 11 is 0. The van der Waals surface area contributed by atoms with E-state index in [9.17, 15) is 0 Å². The Kier molecular flexibility index (Phi) is 6.89. The number of para-hydroxylation sites is 1. The van der Waals surface area contributed by atoms with Gasteiger partial charge in [-0.25, -0.2) is 0 Å². The van der Waals surface area contributed by atoms with Gasteiger partial charge in [0.15, 0.2) is 0 Å². The highest BCUT2D eigenvalue weighted by Gasteiger charge is 2.26. The zero-order chi connectivity index (χ0) is 31.8. The summed E-state index contributed by atoms with van der Waals surface area (Å²) in [4.78, 5) is 0. The van der Waals surface area contributed by atoms with Gasteiger partial charge >= 0.3 is 0 Å². The van der Waals surface area contributed by atoms with E-state index in [2.05, 4.69) is 169 Å². The molecule has 0 aliphatic rings. The number of hydrogen-bond donors (Lipinski definition) is 0. The first-order valence-electron chi connectivity index (χ1n) is 16.5.